The Balaban J connectivity index is 1.81. The van der Waals surface area contributed by atoms with Gasteiger partial charge in [-0.05, 0) is 13.8 Å². The average Bonchev–Trinajstić information content (AvgIpc) is 2.69. The largest absolute Gasteiger partial charge is 0.760 e. The Morgan fingerprint density at radius 3 is 2.53 bits per heavy atom. The van der Waals surface area contributed by atoms with Gasteiger partial charge in [-0.2, -0.15) is 13.2 Å². The van der Waals surface area contributed by atoms with E-state index in [1.165, 1.54) is 4.31 Å². The van der Waals surface area contributed by atoms with Gasteiger partial charge in [-0.3, -0.25) is 9.11 Å². The number of halogens is 3. The lowest BCUT2D eigenvalue weighted by Crippen LogP contribution is -2.59. The molecule has 0 bridgehead atoms. The van der Waals surface area contributed by atoms with Gasteiger partial charge >= 0.3 is 6.18 Å². The third-order valence-electron chi connectivity index (χ3n) is 5.62. The normalized spacial score (nSPS) is 27.6. The van der Waals surface area contributed by atoms with Gasteiger partial charge < -0.3 is 19.3 Å². The Kier molecular flexibility index (Phi) is 6.99. The third kappa shape index (κ3) is 4.92. The quantitative estimate of drug-likeness (QED) is 0.634. The first-order chi connectivity index (χ1) is 14.0. The standard InChI is InChI=1S/C17H26F3N5O4S/c1-12-11-29-6-5-23(12)9-14-10-24(30(27)28)3-4-25(14)15-21-7-13(8-22-15)16(2,26)17(18,19)20/h7-8,12,14,26H,3-6,9-11H2,1-2H3,(H,27,28)/p-1. The van der Waals surface area contributed by atoms with Gasteiger partial charge in [0.1, 0.15) is 0 Å². The second-order valence-corrected chi connectivity index (χ2v) is 8.66. The van der Waals surface area contributed by atoms with E-state index in [9.17, 15) is 27.0 Å². The van der Waals surface area contributed by atoms with Crippen LogP contribution in [0.4, 0.5) is 19.1 Å². The minimum absolute atomic E-state index is 0.152. The van der Waals surface area contributed by atoms with Crippen LogP contribution in [0.1, 0.15) is 19.4 Å². The molecule has 2 saturated heterocycles. The number of ether oxygens (including phenoxy) is 1. The van der Waals surface area contributed by atoms with Crippen molar-refractivity contribution in [3.8, 4) is 0 Å². The molecule has 1 aromatic heterocycles. The van der Waals surface area contributed by atoms with E-state index < -0.39 is 28.6 Å². The van der Waals surface area contributed by atoms with Crippen LogP contribution in [0.5, 0.6) is 0 Å². The molecule has 9 nitrogen and oxygen atoms in total. The summed E-state index contributed by atoms with van der Waals surface area (Å²) in [5.74, 6) is 0.193. The molecule has 0 saturated carbocycles. The molecule has 3 rings (SSSR count). The van der Waals surface area contributed by atoms with Gasteiger partial charge in [-0.15, -0.1) is 0 Å². The highest BCUT2D eigenvalue weighted by Crippen LogP contribution is 2.38. The molecule has 1 N–H and O–H groups in total. The van der Waals surface area contributed by atoms with Gasteiger partial charge in [0.2, 0.25) is 5.95 Å². The van der Waals surface area contributed by atoms with Crippen LogP contribution in [0.15, 0.2) is 12.4 Å². The fourth-order valence-electron chi connectivity index (χ4n) is 3.57. The van der Waals surface area contributed by atoms with E-state index >= 15 is 0 Å². The molecular formula is C17H25F3N5O4S-. The molecular weight excluding hydrogens is 427 g/mol. The van der Waals surface area contributed by atoms with Crippen LogP contribution in [0.3, 0.4) is 0 Å². The minimum Gasteiger partial charge on any atom is -0.760 e. The molecule has 0 spiro atoms. The summed E-state index contributed by atoms with van der Waals surface area (Å²) in [5, 5.41) is 9.80. The fourth-order valence-corrected chi connectivity index (χ4v) is 4.09. The molecule has 0 aromatic carbocycles. The van der Waals surface area contributed by atoms with Crippen molar-refractivity contribution in [3.05, 3.63) is 18.0 Å². The number of alkyl halides is 3. The highest BCUT2D eigenvalue weighted by Gasteiger charge is 2.51. The number of nitrogens with zero attached hydrogens (tertiary/aromatic N) is 5. The first-order valence-corrected chi connectivity index (χ1v) is 10.6. The van der Waals surface area contributed by atoms with Crippen LogP contribution in [-0.2, 0) is 21.6 Å². The number of aromatic nitrogens is 2. The first kappa shape index (κ1) is 23.3. The molecule has 170 valence electrons. The minimum atomic E-state index is -4.86. The molecule has 4 atom stereocenters. The SMILES string of the molecule is CC1COCCN1CC1CN(S(=O)[O-])CCN1c1ncc(C(C)(O)C(F)(F)F)cn1. The Morgan fingerprint density at radius 2 is 1.97 bits per heavy atom. The molecule has 30 heavy (non-hydrogen) atoms. The molecule has 4 unspecified atom stereocenters. The lowest BCUT2D eigenvalue weighted by atomic mass is 9.99. The Labute approximate surface area is 175 Å². The number of aliphatic hydroxyl groups is 1. The van der Waals surface area contributed by atoms with E-state index in [0.29, 0.717) is 39.8 Å². The molecule has 1 aromatic rings. The maximum Gasteiger partial charge on any atom is 0.421 e. The van der Waals surface area contributed by atoms with Gasteiger partial charge in [-0.1, -0.05) is 0 Å². The Bertz CT molecular complexity index is 752. The zero-order valence-electron chi connectivity index (χ0n) is 16.7. The molecule has 2 aliphatic heterocycles. The van der Waals surface area contributed by atoms with E-state index in [1.54, 1.807) is 4.90 Å². The van der Waals surface area contributed by atoms with E-state index in [2.05, 4.69) is 14.9 Å². The smallest absolute Gasteiger partial charge is 0.421 e. The van der Waals surface area contributed by atoms with E-state index in [1.807, 2.05) is 6.92 Å². The number of hydrogen-bond acceptors (Lipinski definition) is 8. The predicted molar refractivity (Wildman–Crippen MR) is 101 cm³/mol. The van der Waals surface area contributed by atoms with E-state index in [-0.39, 0.29) is 31.1 Å². The molecule has 0 amide bonds. The predicted octanol–water partition coefficient (Wildman–Crippen LogP) is 0.252. The topological polar surface area (TPSA) is 105 Å². The lowest BCUT2D eigenvalue weighted by Gasteiger charge is -2.45. The van der Waals surface area contributed by atoms with Gasteiger partial charge in [0.05, 0.1) is 19.3 Å². The van der Waals surface area contributed by atoms with Gasteiger partial charge in [0.25, 0.3) is 0 Å². The number of piperazine rings is 1. The number of morpholine rings is 1. The summed E-state index contributed by atoms with van der Waals surface area (Å²) in [6.45, 7) is 5.77. The van der Waals surface area contributed by atoms with Crippen molar-refractivity contribution >= 4 is 17.2 Å². The van der Waals surface area contributed by atoms with Crippen molar-refractivity contribution in [1.29, 1.82) is 0 Å². The summed E-state index contributed by atoms with van der Waals surface area (Å²) in [7, 11) is 0. The van der Waals surface area contributed by atoms with Gasteiger partial charge in [0.15, 0.2) is 5.60 Å². The van der Waals surface area contributed by atoms with Crippen LogP contribution in [-0.4, -0.2) is 97.2 Å². The zero-order valence-corrected chi connectivity index (χ0v) is 17.5. The molecule has 13 heteroatoms. The van der Waals surface area contributed by atoms with Gasteiger partial charge in [-0.25, -0.2) is 14.3 Å². The van der Waals surface area contributed by atoms with Crippen molar-refractivity contribution < 1.29 is 31.8 Å². The summed E-state index contributed by atoms with van der Waals surface area (Å²) < 4.78 is 68.8. The molecule has 0 radical (unpaired) electrons. The highest BCUT2D eigenvalue weighted by atomic mass is 32.2. The van der Waals surface area contributed by atoms with Crippen LogP contribution >= 0.6 is 0 Å². The Hall–Kier alpha value is -1.38. The summed E-state index contributed by atoms with van der Waals surface area (Å²) in [6.07, 6.45) is -2.94. The van der Waals surface area contributed by atoms with Gasteiger partial charge in [0, 0.05) is 68.0 Å². The van der Waals surface area contributed by atoms with Crippen molar-refractivity contribution in [2.45, 2.75) is 37.7 Å². The molecule has 2 aliphatic rings. The monoisotopic (exact) mass is 452 g/mol. The summed E-state index contributed by atoms with van der Waals surface area (Å²) in [6, 6.07) is -0.134. The van der Waals surface area contributed by atoms with Crippen LogP contribution < -0.4 is 4.90 Å². The summed E-state index contributed by atoms with van der Waals surface area (Å²) in [5.41, 5.74) is -3.52. The highest BCUT2D eigenvalue weighted by molar-refractivity contribution is 7.76. The van der Waals surface area contributed by atoms with Crippen LogP contribution in [0.2, 0.25) is 0 Å². The lowest BCUT2D eigenvalue weighted by molar-refractivity contribution is -0.259. The molecule has 0 aliphatic carbocycles. The zero-order chi connectivity index (χ0) is 22.1. The van der Waals surface area contributed by atoms with E-state index in [0.717, 1.165) is 12.4 Å². The molecule has 2 fully saturated rings. The van der Waals surface area contributed by atoms with Crippen LogP contribution in [0.25, 0.3) is 0 Å². The Morgan fingerprint density at radius 1 is 1.30 bits per heavy atom. The fraction of sp³-hybridized carbons (Fsp3) is 0.765. The maximum atomic E-state index is 13.1. The first-order valence-electron chi connectivity index (χ1n) is 9.55. The third-order valence-corrected chi connectivity index (χ3v) is 6.37. The van der Waals surface area contributed by atoms with Crippen LogP contribution in [0, 0.1) is 0 Å². The van der Waals surface area contributed by atoms with Crippen molar-refractivity contribution in [1.82, 2.24) is 19.2 Å². The second kappa shape index (κ2) is 9.01. The maximum absolute atomic E-state index is 13.1. The summed E-state index contributed by atoms with van der Waals surface area (Å²) >= 11 is -2.37. The van der Waals surface area contributed by atoms with Crippen molar-refractivity contribution in [2.75, 3.05) is 50.8 Å². The number of hydrogen-bond donors (Lipinski definition) is 1. The summed E-state index contributed by atoms with van der Waals surface area (Å²) in [4.78, 5) is 12.1. The van der Waals surface area contributed by atoms with Crippen molar-refractivity contribution in [3.63, 3.8) is 0 Å². The number of anilines is 1. The average molecular weight is 452 g/mol. The number of rotatable bonds is 5. The van der Waals surface area contributed by atoms with E-state index in [4.69, 9.17) is 4.74 Å². The second-order valence-electron chi connectivity index (χ2n) is 7.71. The van der Waals surface area contributed by atoms with Crippen molar-refractivity contribution in [2.24, 2.45) is 0 Å². The molecule has 3 heterocycles.